The Kier molecular flexibility index (Phi) is 5.20. The summed E-state index contributed by atoms with van der Waals surface area (Å²) in [5.74, 6) is 0.753. The molecule has 0 radical (unpaired) electrons. The van der Waals surface area contributed by atoms with Gasteiger partial charge in [0.2, 0.25) is 10.0 Å². The number of hydrogen-bond donors (Lipinski definition) is 2. The standard InChI is InChI=1S/C8H13NO4S/c1-3-4-7(2)9-14(12,13)6-5-8(10)11/h1,7,9H,4-6H2,2H3,(H,10,11). The van der Waals surface area contributed by atoms with Gasteiger partial charge in [-0.05, 0) is 6.92 Å². The van der Waals surface area contributed by atoms with E-state index in [1.54, 1.807) is 6.92 Å². The lowest BCUT2D eigenvalue weighted by atomic mass is 10.3. The van der Waals surface area contributed by atoms with Crippen LogP contribution in [0.2, 0.25) is 0 Å². The smallest absolute Gasteiger partial charge is 0.304 e. The van der Waals surface area contributed by atoms with Crippen LogP contribution in [0.25, 0.3) is 0 Å². The molecule has 14 heavy (non-hydrogen) atoms. The highest BCUT2D eigenvalue weighted by atomic mass is 32.2. The van der Waals surface area contributed by atoms with Crippen LogP contribution in [0.4, 0.5) is 0 Å². The van der Waals surface area contributed by atoms with E-state index in [9.17, 15) is 13.2 Å². The molecule has 0 bridgehead atoms. The molecule has 0 saturated carbocycles. The van der Waals surface area contributed by atoms with E-state index in [-0.39, 0.29) is 12.5 Å². The lowest BCUT2D eigenvalue weighted by molar-refractivity contribution is -0.136. The van der Waals surface area contributed by atoms with E-state index < -0.39 is 28.2 Å². The molecule has 0 spiro atoms. The molecule has 0 aromatic heterocycles. The van der Waals surface area contributed by atoms with Gasteiger partial charge in [-0.3, -0.25) is 4.79 Å². The minimum absolute atomic E-state index is 0.284. The summed E-state index contributed by atoms with van der Waals surface area (Å²) in [6, 6.07) is -0.362. The third-order valence-corrected chi connectivity index (χ3v) is 2.89. The summed E-state index contributed by atoms with van der Waals surface area (Å²) in [6.07, 6.45) is 4.87. The molecule has 1 atom stereocenters. The molecule has 80 valence electrons. The average Bonchev–Trinajstić information content (AvgIpc) is 2.00. The second-order valence-corrected chi connectivity index (χ2v) is 4.76. The first kappa shape index (κ1) is 12.9. The minimum atomic E-state index is -3.52. The van der Waals surface area contributed by atoms with Crippen LogP contribution in [0.15, 0.2) is 0 Å². The third-order valence-electron chi connectivity index (χ3n) is 1.39. The first-order valence-corrected chi connectivity index (χ1v) is 5.68. The maximum absolute atomic E-state index is 11.2. The van der Waals surface area contributed by atoms with Crippen molar-refractivity contribution in [1.82, 2.24) is 4.72 Å². The fourth-order valence-electron chi connectivity index (χ4n) is 0.806. The van der Waals surface area contributed by atoms with Crippen molar-refractivity contribution in [3.8, 4) is 12.3 Å². The Bertz CT molecular complexity index is 328. The number of aliphatic carboxylic acids is 1. The zero-order chi connectivity index (χ0) is 11.2. The minimum Gasteiger partial charge on any atom is -0.481 e. The molecule has 0 aromatic carbocycles. The second-order valence-electron chi connectivity index (χ2n) is 2.89. The first-order chi connectivity index (χ1) is 6.37. The van der Waals surface area contributed by atoms with Crippen LogP contribution in [-0.2, 0) is 14.8 Å². The van der Waals surface area contributed by atoms with Gasteiger partial charge in [-0.25, -0.2) is 13.1 Å². The second kappa shape index (κ2) is 5.62. The Labute approximate surface area is 83.6 Å². The van der Waals surface area contributed by atoms with Gasteiger partial charge in [0.05, 0.1) is 12.2 Å². The molecule has 0 aliphatic carbocycles. The van der Waals surface area contributed by atoms with Gasteiger partial charge in [-0.15, -0.1) is 12.3 Å². The summed E-state index contributed by atoms with van der Waals surface area (Å²) < 4.78 is 24.6. The predicted molar refractivity (Wildman–Crippen MR) is 52.1 cm³/mol. The summed E-state index contributed by atoms with van der Waals surface area (Å²) >= 11 is 0. The van der Waals surface area contributed by atoms with E-state index in [0.717, 1.165) is 0 Å². The lowest BCUT2D eigenvalue weighted by Crippen LogP contribution is -2.34. The molecule has 6 heteroatoms. The summed E-state index contributed by atoms with van der Waals surface area (Å²) in [5, 5.41) is 8.29. The van der Waals surface area contributed by atoms with E-state index in [0.29, 0.717) is 0 Å². The number of carboxylic acids is 1. The largest absolute Gasteiger partial charge is 0.481 e. The van der Waals surface area contributed by atoms with Crippen molar-refractivity contribution >= 4 is 16.0 Å². The summed E-state index contributed by atoms with van der Waals surface area (Å²) in [7, 11) is -3.52. The average molecular weight is 219 g/mol. The lowest BCUT2D eigenvalue weighted by Gasteiger charge is -2.10. The van der Waals surface area contributed by atoms with Crippen LogP contribution >= 0.6 is 0 Å². The highest BCUT2D eigenvalue weighted by Gasteiger charge is 2.15. The molecular weight excluding hydrogens is 206 g/mol. The number of rotatable bonds is 6. The van der Waals surface area contributed by atoms with Gasteiger partial charge >= 0.3 is 5.97 Å². The topological polar surface area (TPSA) is 83.5 Å². The highest BCUT2D eigenvalue weighted by molar-refractivity contribution is 7.89. The van der Waals surface area contributed by atoms with Crippen LogP contribution in [0, 0.1) is 12.3 Å². The van der Waals surface area contributed by atoms with Gasteiger partial charge in [0.15, 0.2) is 0 Å². The van der Waals surface area contributed by atoms with E-state index in [2.05, 4.69) is 10.6 Å². The first-order valence-electron chi connectivity index (χ1n) is 4.02. The Balaban J connectivity index is 4.09. The SMILES string of the molecule is C#CCC(C)NS(=O)(=O)CCC(=O)O. The van der Waals surface area contributed by atoms with E-state index in [4.69, 9.17) is 11.5 Å². The van der Waals surface area contributed by atoms with Crippen molar-refractivity contribution in [2.75, 3.05) is 5.75 Å². The van der Waals surface area contributed by atoms with Crippen molar-refractivity contribution in [1.29, 1.82) is 0 Å². The molecule has 0 heterocycles. The van der Waals surface area contributed by atoms with Gasteiger partial charge in [-0.2, -0.15) is 0 Å². The van der Waals surface area contributed by atoms with Crippen LogP contribution in [0.1, 0.15) is 19.8 Å². The molecule has 0 aliphatic rings. The predicted octanol–water partition coefficient (Wildman–Crippen LogP) is -0.208. The van der Waals surface area contributed by atoms with Gasteiger partial charge in [0.1, 0.15) is 0 Å². The number of sulfonamides is 1. The fraction of sp³-hybridized carbons (Fsp3) is 0.625. The maximum atomic E-state index is 11.2. The van der Waals surface area contributed by atoms with Crippen LogP contribution in [-0.4, -0.2) is 31.3 Å². The van der Waals surface area contributed by atoms with Gasteiger partial charge in [0, 0.05) is 12.5 Å². The molecule has 0 amide bonds. The molecule has 5 nitrogen and oxygen atoms in total. The Morgan fingerprint density at radius 1 is 1.64 bits per heavy atom. The van der Waals surface area contributed by atoms with Crippen molar-refractivity contribution in [2.45, 2.75) is 25.8 Å². The molecule has 0 aromatic rings. The molecular formula is C8H13NO4S. The molecule has 2 N–H and O–H groups in total. The number of nitrogens with one attached hydrogen (secondary N) is 1. The number of terminal acetylenes is 1. The zero-order valence-corrected chi connectivity index (χ0v) is 8.67. The highest BCUT2D eigenvalue weighted by Crippen LogP contribution is 1.95. The van der Waals surface area contributed by atoms with Crippen LogP contribution in [0.5, 0.6) is 0 Å². The molecule has 0 fully saturated rings. The Morgan fingerprint density at radius 2 is 2.21 bits per heavy atom. The van der Waals surface area contributed by atoms with Gasteiger partial charge in [0.25, 0.3) is 0 Å². The molecule has 0 aliphatic heterocycles. The summed E-state index contributed by atoms with van der Waals surface area (Å²) in [6.45, 7) is 1.62. The van der Waals surface area contributed by atoms with Crippen molar-refractivity contribution in [3.63, 3.8) is 0 Å². The molecule has 0 rings (SSSR count). The van der Waals surface area contributed by atoms with Crippen molar-refractivity contribution in [3.05, 3.63) is 0 Å². The summed E-state index contributed by atoms with van der Waals surface area (Å²) in [5.41, 5.74) is 0. The van der Waals surface area contributed by atoms with Gasteiger partial charge in [-0.1, -0.05) is 0 Å². The molecule has 0 saturated heterocycles. The van der Waals surface area contributed by atoms with Crippen LogP contribution in [0.3, 0.4) is 0 Å². The maximum Gasteiger partial charge on any atom is 0.304 e. The third kappa shape index (κ3) is 6.46. The van der Waals surface area contributed by atoms with E-state index in [1.807, 2.05) is 0 Å². The van der Waals surface area contributed by atoms with Gasteiger partial charge < -0.3 is 5.11 Å². The van der Waals surface area contributed by atoms with Crippen molar-refractivity contribution in [2.24, 2.45) is 0 Å². The number of carbonyl (C=O) groups is 1. The Morgan fingerprint density at radius 3 is 2.64 bits per heavy atom. The number of hydrogen-bond acceptors (Lipinski definition) is 3. The van der Waals surface area contributed by atoms with Crippen molar-refractivity contribution < 1.29 is 18.3 Å². The van der Waals surface area contributed by atoms with Crippen LogP contribution < -0.4 is 4.72 Å². The zero-order valence-electron chi connectivity index (χ0n) is 7.86. The summed E-state index contributed by atoms with van der Waals surface area (Å²) in [4.78, 5) is 10.1. The van der Waals surface area contributed by atoms with E-state index in [1.165, 1.54) is 0 Å². The van der Waals surface area contributed by atoms with E-state index >= 15 is 0 Å². The normalized spacial score (nSPS) is 13.1. The Hall–Kier alpha value is -1.06. The quantitative estimate of drug-likeness (QED) is 0.606. The number of carboxylic acid groups (broad SMARTS) is 1. The molecule has 1 unspecified atom stereocenters. The monoisotopic (exact) mass is 219 g/mol. The fourth-order valence-corrected chi connectivity index (χ4v) is 2.06.